The molecular formula is C16H23NO3. The molecule has 0 amide bonds. The average molecular weight is 277 g/mol. The lowest BCUT2D eigenvalue weighted by Crippen LogP contribution is -2.51. The number of carboxylic acids is 1. The van der Waals surface area contributed by atoms with E-state index in [9.17, 15) is 9.90 Å². The molecule has 0 aliphatic heterocycles. The van der Waals surface area contributed by atoms with E-state index in [1.54, 1.807) is 6.92 Å². The Hall–Kier alpha value is -1.55. The number of nitrogens with one attached hydrogen (secondary N) is 1. The summed E-state index contributed by atoms with van der Waals surface area (Å²) < 4.78 is 5.76. The van der Waals surface area contributed by atoms with E-state index >= 15 is 0 Å². The van der Waals surface area contributed by atoms with Crippen LogP contribution in [0.3, 0.4) is 0 Å². The number of carbonyl (C=O) groups is 1. The van der Waals surface area contributed by atoms with Crippen molar-refractivity contribution in [2.75, 3.05) is 6.61 Å². The molecule has 0 aromatic heterocycles. The molecule has 0 radical (unpaired) electrons. The van der Waals surface area contributed by atoms with E-state index in [0.29, 0.717) is 19.1 Å². The first-order valence-electron chi connectivity index (χ1n) is 7.12. The van der Waals surface area contributed by atoms with Gasteiger partial charge in [0.05, 0.1) is 6.61 Å². The third-order valence-corrected chi connectivity index (χ3v) is 3.99. The molecule has 2 rings (SSSR count). The van der Waals surface area contributed by atoms with E-state index in [1.807, 2.05) is 32.0 Å². The van der Waals surface area contributed by atoms with E-state index in [4.69, 9.17) is 4.74 Å². The first-order chi connectivity index (χ1) is 9.42. The van der Waals surface area contributed by atoms with Gasteiger partial charge in [-0.25, -0.2) is 0 Å². The van der Waals surface area contributed by atoms with E-state index < -0.39 is 11.5 Å². The van der Waals surface area contributed by atoms with Crippen LogP contribution >= 0.6 is 0 Å². The first-order valence-corrected chi connectivity index (χ1v) is 7.12. The fraction of sp³-hybridized carbons (Fsp3) is 0.562. The second kappa shape index (κ2) is 5.83. The molecule has 1 unspecified atom stereocenters. The first kappa shape index (κ1) is 14.9. The topological polar surface area (TPSA) is 58.6 Å². The van der Waals surface area contributed by atoms with Crippen molar-refractivity contribution in [3.63, 3.8) is 0 Å². The minimum atomic E-state index is -0.904. The quantitative estimate of drug-likeness (QED) is 0.804. The van der Waals surface area contributed by atoms with Gasteiger partial charge in [0.25, 0.3) is 0 Å². The van der Waals surface area contributed by atoms with Crippen molar-refractivity contribution in [2.45, 2.75) is 51.6 Å². The Kier molecular flexibility index (Phi) is 4.33. The number of aryl methyl sites for hydroxylation is 1. The summed E-state index contributed by atoms with van der Waals surface area (Å²) in [6.07, 6.45) is 2.59. The molecule has 2 N–H and O–H groups in total. The number of rotatable bonds is 7. The number of carboxylic acid groups (broad SMARTS) is 1. The summed E-state index contributed by atoms with van der Waals surface area (Å²) in [5.74, 6) is 0.0260. The fourth-order valence-electron chi connectivity index (χ4n) is 2.16. The Morgan fingerprint density at radius 1 is 1.45 bits per heavy atom. The molecule has 110 valence electrons. The number of ether oxygens (including phenoxy) is 1. The highest BCUT2D eigenvalue weighted by Gasteiger charge is 2.38. The zero-order valence-corrected chi connectivity index (χ0v) is 12.4. The average Bonchev–Trinajstić information content (AvgIpc) is 3.18. The van der Waals surface area contributed by atoms with Gasteiger partial charge in [-0.2, -0.15) is 0 Å². The Balaban J connectivity index is 1.92. The molecule has 0 saturated heterocycles. The normalized spacial score (nSPS) is 17.6. The van der Waals surface area contributed by atoms with Crippen LogP contribution in [0.25, 0.3) is 0 Å². The third kappa shape index (κ3) is 3.51. The molecule has 0 spiro atoms. The SMILES string of the molecule is Cc1cccc(OCCC(C)(NC2CC2)C(=O)O)c1C. The van der Waals surface area contributed by atoms with Gasteiger partial charge in [0, 0.05) is 12.5 Å². The zero-order valence-electron chi connectivity index (χ0n) is 12.4. The predicted molar refractivity (Wildman–Crippen MR) is 78.2 cm³/mol. The zero-order chi connectivity index (χ0) is 14.8. The van der Waals surface area contributed by atoms with E-state index in [-0.39, 0.29) is 0 Å². The maximum atomic E-state index is 11.4. The smallest absolute Gasteiger partial charge is 0.323 e. The summed E-state index contributed by atoms with van der Waals surface area (Å²) in [7, 11) is 0. The molecular weight excluding hydrogens is 254 g/mol. The second-order valence-corrected chi connectivity index (χ2v) is 5.85. The third-order valence-electron chi connectivity index (χ3n) is 3.99. The predicted octanol–water partition coefficient (Wildman–Crippen LogP) is 2.67. The van der Waals surface area contributed by atoms with Crippen LogP contribution < -0.4 is 10.1 Å². The second-order valence-electron chi connectivity index (χ2n) is 5.85. The monoisotopic (exact) mass is 277 g/mol. The molecule has 1 saturated carbocycles. The molecule has 1 atom stereocenters. The van der Waals surface area contributed by atoms with Crippen LogP contribution in [-0.4, -0.2) is 29.3 Å². The maximum Gasteiger partial charge on any atom is 0.323 e. The number of aliphatic carboxylic acids is 1. The van der Waals surface area contributed by atoms with E-state index in [1.165, 1.54) is 5.56 Å². The van der Waals surface area contributed by atoms with Crippen LogP contribution in [0.4, 0.5) is 0 Å². The highest BCUT2D eigenvalue weighted by Crippen LogP contribution is 2.25. The molecule has 1 aromatic rings. The van der Waals surface area contributed by atoms with Crippen molar-refractivity contribution in [1.82, 2.24) is 5.32 Å². The highest BCUT2D eigenvalue weighted by atomic mass is 16.5. The van der Waals surface area contributed by atoms with Crippen LogP contribution in [0, 0.1) is 13.8 Å². The van der Waals surface area contributed by atoms with Gasteiger partial charge in [-0.3, -0.25) is 10.1 Å². The molecule has 1 aromatic carbocycles. The minimum absolute atomic E-state index is 0.358. The molecule has 0 heterocycles. The van der Waals surface area contributed by atoms with Crippen molar-refractivity contribution >= 4 is 5.97 Å². The van der Waals surface area contributed by atoms with Crippen LogP contribution in [0.15, 0.2) is 18.2 Å². The summed E-state index contributed by atoms with van der Waals surface area (Å²) >= 11 is 0. The standard InChI is InChI=1S/C16H23NO3/c1-11-5-4-6-14(12(11)2)20-10-9-16(3,15(18)19)17-13-7-8-13/h4-6,13,17H,7-10H2,1-3H3,(H,18,19). The molecule has 1 fully saturated rings. The van der Waals surface area contributed by atoms with Crippen LogP contribution in [-0.2, 0) is 4.79 Å². The van der Waals surface area contributed by atoms with Crippen molar-refractivity contribution in [1.29, 1.82) is 0 Å². The molecule has 4 nitrogen and oxygen atoms in total. The number of hydrogen-bond acceptors (Lipinski definition) is 3. The summed E-state index contributed by atoms with van der Waals surface area (Å²) in [5.41, 5.74) is 1.39. The van der Waals surface area contributed by atoms with Gasteiger partial charge in [0.2, 0.25) is 0 Å². The summed E-state index contributed by atoms with van der Waals surface area (Å²) in [6, 6.07) is 6.28. The minimum Gasteiger partial charge on any atom is -0.493 e. The van der Waals surface area contributed by atoms with Gasteiger partial charge in [-0.15, -0.1) is 0 Å². The summed E-state index contributed by atoms with van der Waals surface area (Å²) in [4.78, 5) is 11.4. The Bertz CT molecular complexity index is 496. The van der Waals surface area contributed by atoms with Crippen molar-refractivity contribution in [2.24, 2.45) is 0 Å². The van der Waals surface area contributed by atoms with Crippen molar-refractivity contribution < 1.29 is 14.6 Å². The van der Waals surface area contributed by atoms with Gasteiger partial charge in [0.1, 0.15) is 11.3 Å². The molecule has 4 heteroatoms. The van der Waals surface area contributed by atoms with Crippen LogP contribution in [0.1, 0.15) is 37.3 Å². The summed E-state index contributed by atoms with van der Waals surface area (Å²) in [5, 5.41) is 12.6. The lowest BCUT2D eigenvalue weighted by Gasteiger charge is -2.26. The molecule has 0 bridgehead atoms. The highest BCUT2D eigenvalue weighted by molar-refractivity contribution is 5.78. The lowest BCUT2D eigenvalue weighted by atomic mass is 9.98. The lowest BCUT2D eigenvalue weighted by molar-refractivity contribution is -0.144. The van der Waals surface area contributed by atoms with E-state index in [0.717, 1.165) is 24.2 Å². The van der Waals surface area contributed by atoms with Crippen LogP contribution in [0.2, 0.25) is 0 Å². The van der Waals surface area contributed by atoms with Gasteiger partial charge < -0.3 is 9.84 Å². The maximum absolute atomic E-state index is 11.4. The fourth-order valence-corrected chi connectivity index (χ4v) is 2.16. The Morgan fingerprint density at radius 3 is 2.75 bits per heavy atom. The van der Waals surface area contributed by atoms with Gasteiger partial charge in [0.15, 0.2) is 0 Å². The van der Waals surface area contributed by atoms with E-state index in [2.05, 4.69) is 5.32 Å². The van der Waals surface area contributed by atoms with Gasteiger partial charge in [-0.05, 0) is 50.8 Å². The van der Waals surface area contributed by atoms with Gasteiger partial charge >= 0.3 is 5.97 Å². The molecule has 20 heavy (non-hydrogen) atoms. The van der Waals surface area contributed by atoms with Crippen molar-refractivity contribution in [3.05, 3.63) is 29.3 Å². The number of hydrogen-bond donors (Lipinski definition) is 2. The summed E-state index contributed by atoms with van der Waals surface area (Å²) in [6.45, 7) is 6.19. The van der Waals surface area contributed by atoms with Crippen LogP contribution in [0.5, 0.6) is 5.75 Å². The Labute approximate surface area is 120 Å². The van der Waals surface area contributed by atoms with Crippen molar-refractivity contribution in [3.8, 4) is 5.75 Å². The molecule has 1 aliphatic carbocycles. The van der Waals surface area contributed by atoms with Gasteiger partial charge in [-0.1, -0.05) is 12.1 Å². The molecule has 1 aliphatic rings. The Morgan fingerprint density at radius 2 is 2.15 bits per heavy atom. The largest absolute Gasteiger partial charge is 0.493 e. The number of benzene rings is 1.